The van der Waals surface area contributed by atoms with E-state index in [4.69, 9.17) is 4.42 Å². The summed E-state index contributed by atoms with van der Waals surface area (Å²) in [7, 11) is 0. The highest BCUT2D eigenvalue weighted by atomic mass is 32.2. The average molecular weight is 592 g/mol. The summed E-state index contributed by atoms with van der Waals surface area (Å²) in [5, 5.41) is 27.6. The van der Waals surface area contributed by atoms with Crippen molar-refractivity contribution in [2.24, 2.45) is 0 Å². The van der Waals surface area contributed by atoms with Crippen molar-refractivity contribution in [3.63, 3.8) is 0 Å². The van der Waals surface area contributed by atoms with E-state index in [1.165, 1.54) is 22.7 Å². The number of nitrogens with one attached hydrogen (secondary N) is 2. The molecule has 3 amide bonds. The van der Waals surface area contributed by atoms with Crippen LogP contribution in [0, 0.1) is 6.92 Å². The molecular weight excluding hydrogens is 554 g/mol. The Morgan fingerprint density at radius 3 is 2.64 bits per heavy atom. The van der Waals surface area contributed by atoms with Crippen molar-refractivity contribution in [1.82, 2.24) is 15.5 Å². The van der Waals surface area contributed by atoms with E-state index in [2.05, 4.69) is 10.6 Å². The lowest BCUT2D eigenvalue weighted by Crippen LogP contribution is -2.59. The molecule has 5 rings (SSSR count). The molecule has 0 bridgehead atoms. The first kappa shape index (κ1) is 29.7. The third kappa shape index (κ3) is 6.05. The molecule has 1 aliphatic heterocycles. The van der Waals surface area contributed by atoms with Gasteiger partial charge in [-0.2, -0.15) is 0 Å². The molecule has 0 radical (unpaired) electrons. The predicted octanol–water partition coefficient (Wildman–Crippen LogP) is 3.87. The highest BCUT2D eigenvalue weighted by Gasteiger charge is 2.50. The largest absolute Gasteiger partial charge is 0.508 e. The molecule has 2 aromatic carbocycles. The fourth-order valence-corrected chi connectivity index (χ4v) is 7.01. The molecule has 0 spiro atoms. The number of carbonyl (C=O) groups excluding carboxylic acids is 3. The van der Waals surface area contributed by atoms with Gasteiger partial charge in [0.25, 0.3) is 11.8 Å². The van der Waals surface area contributed by atoms with Crippen LogP contribution in [-0.2, 0) is 22.4 Å². The second-order valence-corrected chi connectivity index (χ2v) is 13.1. The SMILES string of the molecule is Cc1c(O)cccc1C(=O)N[C@@H](Cc1ccccc1)[C@H](O)C(=O)N1CSC(C)(C)[C@H]1C(=O)N[C@H]1CCCc2occc21. The number of hydrogen-bond acceptors (Lipinski definition) is 7. The van der Waals surface area contributed by atoms with E-state index < -0.39 is 34.7 Å². The van der Waals surface area contributed by atoms with Crippen LogP contribution in [0.4, 0.5) is 0 Å². The first-order valence-electron chi connectivity index (χ1n) is 14.2. The van der Waals surface area contributed by atoms with Gasteiger partial charge in [-0.1, -0.05) is 36.4 Å². The van der Waals surface area contributed by atoms with Crippen LogP contribution >= 0.6 is 11.8 Å². The van der Waals surface area contributed by atoms with Gasteiger partial charge in [-0.25, -0.2) is 0 Å². The van der Waals surface area contributed by atoms with Crippen molar-refractivity contribution in [3.8, 4) is 5.75 Å². The summed E-state index contributed by atoms with van der Waals surface area (Å²) in [6.07, 6.45) is 2.68. The minimum absolute atomic E-state index is 0.0235. The number of hydrogen-bond donors (Lipinski definition) is 4. The normalized spacial score (nSPS) is 20.8. The molecule has 4 atom stereocenters. The maximum atomic E-state index is 13.9. The number of nitrogens with zero attached hydrogens (tertiary/aromatic N) is 1. The van der Waals surface area contributed by atoms with Crippen molar-refractivity contribution in [1.29, 1.82) is 0 Å². The first-order valence-corrected chi connectivity index (χ1v) is 15.2. The highest BCUT2D eigenvalue weighted by Crippen LogP contribution is 2.41. The van der Waals surface area contributed by atoms with Crippen LogP contribution < -0.4 is 10.6 Å². The molecule has 10 heteroatoms. The molecule has 2 aliphatic rings. The van der Waals surface area contributed by atoms with E-state index in [1.54, 1.807) is 25.3 Å². The Labute approximate surface area is 249 Å². The number of benzene rings is 2. The van der Waals surface area contributed by atoms with Gasteiger partial charge < -0.3 is 30.2 Å². The molecule has 0 saturated carbocycles. The number of phenolic OH excluding ortho intramolecular Hbond substituents is 1. The fraction of sp³-hybridized carbons (Fsp3) is 0.406. The molecular formula is C32H37N3O6S. The minimum atomic E-state index is -1.62. The summed E-state index contributed by atoms with van der Waals surface area (Å²) < 4.78 is 4.97. The number of phenols is 1. The summed E-state index contributed by atoms with van der Waals surface area (Å²) in [5.41, 5.74) is 2.42. The topological polar surface area (TPSA) is 132 Å². The molecule has 2 heterocycles. The Bertz CT molecular complexity index is 1460. The average Bonchev–Trinajstić information content (AvgIpc) is 3.58. The smallest absolute Gasteiger partial charge is 0.254 e. The van der Waals surface area contributed by atoms with Gasteiger partial charge in [0.05, 0.1) is 24.2 Å². The van der Waals surface area contributed by atoms with Gasteiger partial charge in [0, 0.05) is 27.9 Å². The van der Waals surface area contributed by atoms with Crippen molar-refractivity contribution >= 4 is 29.5 Å². The van der Waals surface area contributed by atoms with Gasteiger partial charge in [0.1, 0.15) is 17.6 Å². The van der Waals surface area contributed by atoms with Crippen molar-refractivity contribution in [3.05, 3.63) is 88.9 Å². The van der Waals surface area contributed by atoms with Gasteiger partial charge in [-0.05, 0) is 63.8 Å². The molecule has 0 unspecified atom stereocenters. The molecule has 222 valence electrons. The van der Waals surface area contributed by atoms with Crippen LogP contribution in [0.3, 0.4) is 0 Å². The van der Waals surface area contributed by atoms with Gasteiger partial charge in [-0.15, -0.1) is 11.8 Å². The summed E-state index contributed by atoms with van der Waals surface area (Å²) in [4.78, 5) is 42.4. The number of thioether (sulfide) groups is 1. The number of rotatable bonds is 8. The molecule has 1 fully saturated rings. The Balaban J connectivity index is 1.38. The standard InChI is InChI=1S/C32H37N3O6S/c1-19-21(11-7-13-25(19)36)29(38)34-24(17-20-9-5-4-6-10-20)27(37)31(40)35-18-42-32(2,3)28(35)30(39)33-23-12-8-14-26-22(23)15-16-41-26/h4-7,9-11,13,15-16,23-24,27-28,36-37H,8,12,14,17-18H2,1-3H3,(H,33,39)(H,34,38)/t23-,24-,27-,28+/m0/s1. The lowest BCUT2D eigenvalue weighted by Gasteiger charge is -2.34. The molecule has 1 aliphatic carbocycles. The number of aliphatic hydroxyl groups is 1. The van der Waals surface area contributed by atoms with Crippen LogP contribution in [0.2, 0.25) is 0 Å². The van der Waals surface area contributed by atoms with Crippen LogP contribution in [0.15, 0.2) is 65.3 Å². The number of amides is 3. The molecule has 1 saturated heterocycles. The Morgan fingerprint density at radius 1 is 1.12 bits per heavy atom. The van der Waals surface area contributed by atoms with E-state index in [1.807, 2.05) is 50.2 Å². The quantitative estimate of drug-likeness (QED) is 0.313. The third-order valence-corrected chi connectivity index (χ3v) is 9.62. The zero-order valence-corrected chi connectivity index (χ0v) is 24.8. The minimum Gasteiger partial charge on any atom is -0.508 e. The Hall–Kier alpha value is -3.76. The zero-order valence-electron chi connectivity index (χ0n) is 24.0. The maximum absolute atomic E-state index is 13.9. The van der Waals surface area contributed by atoms with E-state index in [9.17, 15) is 24.6 Å². The number of furan rings is 1. The highest BCUT2D eigenvalue weighted by molar-refractivity contribution is 8.00. The van der Waals surface area contributed by atoms with Crippen molar-refractivity contribution < 1.29 is 29.0 Å². The number of aromatic hydroxyl groups is 1. The first-order chi connectivity index (χ1) is 20.1. The van der Waals surface area contributed by atoms with Crippen LogP contribution in [0.25, 0.3) is 0 Å². The van der Waals surface area contributed by atoms with Gasteiger partial charge in [0.2, 0.25) is 5.91 Å². The van der Waals surface area contributed by atoms with Crippen molar-refractivity contribution in [2.75, 3.05) is 5.88 Å². The summed E-state index contributed by atoms with van der Waals surface area (Å²) in [6, 6.07) is 13.8. The molecule has 4 N–H and O–H groups in total. The Kier molecular flexibility index (Phi) is 8.65. The second-order valence-electron chi connectivity index (χ2n) is 11.5. The predicted molar refractivity (Wildman–Crippen MR) is 160 cm³/mol. The summed E-state index contributed by atoms with van der Waals surface area (Å²) in [6.45, 7) is 5.46. The fourth-order valence-electron chi connectivity index (χ4n) is 5.87. The number of fused-ring (bicyclic) bond motifs is 1. The van der Waals surface area contributed by atoms with Gasteiger partial charge in [0.15, 0.2) is 6.10 Å². The van der Waals surface area contributed by atoms with E-state index in [-0.39, 0.29) is 35.6 Å². The lowest BCUT2D eigenvalue weighted by atomic mass is 9.92. The molecule has 42 heavy (non-hydrogen) atoms. The summed E-state index contributed by atoms with van der Waals surface area (Å²) in [5.74, 6) is -0.366. The monoisotopic (exact) mass is 591 g/mol. The van der Waals surface area contributed by atoms with Gasteiger partial charge in [-0.3, -0.25) is 14.4 Å². The van der Waals surface area contributed by atoms with Crippen LogP contribution in [0.5, 0.6) is 5.75 Å². The lowest BCUT2D eigenvalue weighted by molar-refractivity contribution is -0.147. The number of aliphatic hydroxyl groups excluding tert-OH is 1. The van der Waals surface area contributed by atoms with E-state index in [0.29, 0.717) is 5.56 Å². The molecule has 9 nitrogen and oxygen atoms in total. The zero-order chi connectivity index (χ0) is 30.0. The summed E-state index contributed by atoms with van der Waals surface area (Å²) >= 11 is 1.47. The molecule has 3 aromatic rings. The van der Waals surface area contributed by atoms with Crippen molar-refractivity contribution in [2.45, 2.75) is 75.4 Å². The molecule has 1 aromatic heterocycles. The Morgan fingerprint density at radius 2 is 1.88 bits per heavy atom. The van der Waals surface area contributed by atoms with Gasteiger partial charge >= 0.3 is 0 Å². The second kappa shape index (κ2) is 12.2. The van der Waals surface area contributed by atoms with Crippen LogP contribution in [-0.4, -0.2) is 61.6 Å². The maximum Gasteiger partial charge on any atom is 0.254 e. The number of carbonyl (C=O) groups is 3. The van der Waals surface area contributed by atoms with Crippen LogP contribution in [0.1, 0.15) is 65.5 Å². The van der Waals surface area contributed by atoms with E-state index in [0.717, 1.165) is 36.1 Å². The number of aryl methyl sites for hydroxylation is 1. The third-order valence-electron chi connectivity index (χ3n) is 8.24. The van der Waals surface area contributed by atoms with E-state index >= 15 is 0 Å².